The molecular weight excluding hydrogens is 1370 g/mol. The van der Waals surface area contributed by atoms with Crippen LogP contribution in [0, 0.1) is 35.8 Å². The van der Waals surface area contributed by atoms with Crippen molar-refractivity contribution in [3.05, 3.63) is 263 Å². The minimum Gasteiger partial charge on any atom is -0.225 e. The van der Waals surface area contributed by atoms with Gasteiger partial charge < -0.3 is 0 Å². The van der Waals surface area contributed by atoms with Crippen molar-refractivity contribution in [3.63, 3.8) is 0 Å². The molecule has 8 heterocycles. The molecule has 0 aliphatic heterocycles. The van der Waals surface area contributed by atoms with E-state index in [1.807, 2.05) is 92.3 Å². The monoisotopic (exact) mass is 1450 g/mol. The molecule has 4 nitrogen and oxygen atoms in total. The highest BCUT2D eigenvalue weighted by Gasteiger charge is 2.54. The van der Waals surface area contributed by atoms with Crippen LogP contribution in [0.3, 0.4) is 0 Å². The van der Waals surface area contributed by atoms with E-state index in [0.29, 0.717) is 9.06 Å². The Morgan fingerprint density at radius 2 is 0.700 bits per heavy atom. The summed E-state index contributed by atoms with van der Waals surface area (Å²) in [6, 6.07) is 62.1. The molecule has 0 unspecified atom stereocenters. The van der Waals surface area contributed by atoms with Gasteiger partial charge in [0.05, 0.1) is 64.3 Å². The summed E-state index contributed by atoms with van der Waals surface area (Å²) in [5.74, 6) is 0. The van der Waals surface area contributed by atoms with Crippen molar-refractivity contribution in [1.82, 2.24) is 0 Å². The largest absolute Gasteiger partial charge is 0.278 e. The highest BCUT2D eigenvalue weighted by molar-refractivity contribution is 7.40. The summed E-state index contributed by atoms with van der Waals surface area (Å²) in [6.45, 7) is 24.5. The van der Waals surface area contributed by atoms with E-state index in [1.165, 1.54) is 260 Å². The normalized spacial score (nSPS) is 14.4. The van der Waals surface area contributed by atoms with Gasteiger partial charge in [-0.05, 0) is 167 Å². The Balaban J connectivity index is 1.01. The van der Waals surface area contributed by atoms with Gasteiger partial charge in [0.25, 0.3) is 11.4 Å². The molecule has 0 radical (unpaired) electrons. The number of nitrogens with zero attached hydrogens (tertiary/aromatic N) is 4. The number of thiophene rings is 8. The molecule has 0 amide bonds. The predicted molar refractivity (Wildman–Crippen MR) is 435 cm³/mol. The third-order valence-corrected chi connectivity index (χ3v) is 30.6. The van der Waals surface area contributed by atoms with Gasteiger partial charge in [0.2, 0.25) is 0 Å². The molecule has 13 aromatic rings. The van der Waals surface area contributed by atoms with Crippen LogP contribution in [0.1, 0.15) is 207 Å². The van der Waals surface area contributed by atoms with Crippen molar-refractivity contribution in [2.24, 2.45) is 0 Å². The fourth-order valence-electron chi connectivity index (χ4n) is 15.8. The molecule has 15 rings (SSSR count). The lowest BCUT2D eigenvalue weighted by Crippen LogP contribution is -2.30. The Morgan fingerprint density at radius 3 is 1.00 bits per heavy atom. The molecule has 0 saturated heterocycles. The summed E-state index contributed by atoms with van der Waals surface area (Å²) < 4.78 is 14.2. The summed E-state index contributed by atoms with van der Waals surface area (Å²) in [5, 5.41) is 19.5. The molecule has 100 heavy (non-hydrogen) atoms. The van der Waals surface area contributed by atoms with Gasteiger partial charge in [0, 0.05) is 58.2 Å². The molecule has 498 valence electrons. The second-order valence-corrected chi connectivity index (χ2v) is 35.7. The SMILES string of the molecule is [C-]#[N+]/C(C#N)=c1/cc/c(=C/c2cc3sc4c5c(sc4c3s2)-c2cc3c(cc2C5(c2ccc(CCCCCC)cc2)c2ccc(CCCCCC)cc2)-c2sc4c(sc5cc(/C=c6/cc/c(=C(/C#N)[N+]#[C-])s6)sc54)c2C3(c2ccc(CCCCCC)cc2)c2ccc(CCCCCC)cc2)s1. The standard InChI is InChI=1S/C88H78N4S8/c1-7-11-15-19-23-55-27-35-59(36-28-55)87(60-37-29-56(30-38-60)24-20-16-12-8-2)69-51-68-70(52-67(69)79-77(87)83-85(99-79)81-75(97-83)49-65(95-81)47-63-43-45-73(93-63)71(53-89)91-5)88(61-39-31-57(32-40-61)25-21-17-13-9-3,62-41-33-58(34-42-62)26-22-18-14-10-4)78-80(68)100-86-82-76(98-84(78)86)50-66(96-82)48-64-44-46-74(94-64)72(54-90)92-6/h27-52H,7-26H2,1-4H3/b63-47-,64-48-,73-71-,74-72+. The van der Waals surface area contributed by atoms with Gasteiger partial charge >= 0.3 is 0 Å². The molecule has 0 fully saturated rings. The maximum absolute atomic E-state index is 9.77. The maximum Gasteiger partial charge on any atom is 0.278 e. The second kappa shape index (κ2) is 29.6. The van der Waals surface area contributed by atoms with Crippen LogP contribution >= 0.6 is 90.7 Å². The number of nitriles is 2. The van der Waals surface area contributed by atoms with Crippen LogP contribution in [0.15, 0.2) is 146 Å². The zero-order chi connectivity index (χ0) is 68.5. The molecular formula is C88H78N4S8. The minimum absolute atomic E-state index is 0.138. The van der Waals surface area contributed by atoms with Gasteiger partial charge in [0.1, 0.15) is 0 Å². The van der Waals surface area contributed by atoms with Crippen molar-refractivity contribution in [1.29, 1.82) is 10.5 Å². The lowest BCUT2D eigenvalue weighted by Gasteiger charge is -2.36. The van der Waals surface area contributed by atoms with Crippen molar-refractivity contribution in [2.75, 3.05) is 0 Å². The van der Waals surface area contributed by atoms with Crippen LogP contribution in [-0.2, 0) is 36.5 Å². The van der Waals surface area contributed by atoms with Gasteiger partial charge in [-0.3, -0.25) is 0 Å². The number of fused-ring (bicyclic) bond motifs is 14. The van der Waals surface area contributed by atoms with E-state index in [1.54, 1.807) is 0 Å². The quantitative estimate of drug-likeness (QED) is 0.0401. The third kappa shape index (κ3) is 12.2. The Hall–Kier alpha value is -7.82. The highest BCUT2D eigenvalue weighted by atomic mass is 32.1. The molecule has 2 aliphatic carbocycles. The van der Waals surface area contributed by atoms with Crippen LogP contribution in [0.2, 0.25) is 0 Å². The number of unbranched alkanes of at least 4 members (excludes halogenated alkanes) is 12. The predicted octanol–water partition coefficient (Wildman–Crippen LogP) is 24.8. The third-order valence-electron chi connectivity index (χ3n) is 20.8. The van der Waals surface area contributed by atoms with Crippen molar-refractivity contribution >= 4 is 152 Å². The van der Waals surface area contributed by atoms with Gasteiger partial charge in [-0.1, -0.05) is 214 Å². The molecule has 0 saturated carbocycles. The topological polar surface area (TPSA) is 56.3 Å². The summed E-state index contributed by atoms with van der Waals surface area (Å²) >= 11 is 14.7. The molecule has 5 aromatic carbocycles. The van der Waals surface area contributed by atoms with Gasteiger partial charge in [-0.2, -0.15) is 0 Å². The Bertz CT molecular complexity index is 5170. The first kappa shape index (κ1) is 68.0. The highest BCUT2D eigenvalue weighted by Crippen LogP contribution is 2.69. The van der Waals surface area contributed by atoms with E-state index in [2.05, 4.69) is 183 Å². The number of aryl methyl sites for hydroxylation is 4. The Morgan fingerprint density at radius 1 is 0.370 bits per heavy atom. The van der Waals surface area contributed by atoms with Crippen LogP contribution in [0.4, 0.5) is 0 Å². The van der Waals surface area contributed by atoms with E-state index in [9.17, 15) is 10.5 Å². The van der Waals surface area contributed by atoms with Gasteiger partial charge in [0.15, 0.2) is 0 Å². The summed E-state index contributed by atoms with van der Waals surface area (Å²) in [6.07, 6.45) is 28.4. The zero-order valence-corrected chi connectivity index (χ0v) is 63.7. The van der Waals surface area contributed by atoms with Crippen LogP contribution in [-0.4, -0.2) is 0 Å². The van der Waals surface area contributed by atoms with Crippen LogP contribution < -0.4 is 18.1 Å². The average molecular weight is 1450 g/mol. The van der Waals surface area contributed by atoms with Crippen LogP contribution in [0.25, 0.3) is 91.7 Å². The van der Waals surface area contributed by atoms with E-state index in [-0.39, 0.29) is 11.4 Å². The maximum atomic E-state index is 9.77. The van der Waals surface area contributed by atoms with Gasteiger partial charge in [-0.15, -0.1) is 90.7 Å². The molecule has 2 aliphatic rings. The second-order valence-electron chi connectivity index (χ2n) is 27.1. The van der Waals surface area contributed by atoms with Crippen molar-refractivity contribution in [3.8, 4) is 33.0 Å². The summed E-state index contributed by atoms with van der Waals surface area (Å²) in [4.78, 5) is 12.1. The smallest absolute Gasteiger partial charge is 0.225 e. The van der Waals surface area contributed by atoms with E-state index >= 15 is 0 Å². The lowest BCUT2D eigenvalue weighted by molar-refractivity contribution is 0.666. The molecule has 0 N–H and O–H groups in total. The van der Waals surface area contributed by atoms with Crippen molar-refractivity contribution in [2.45, 2.75) is 167 Å². The first-order chi connectivity index (χ1) is 49.2. The first-order valence-electron chi connectivity index (χ1n) is 35.9. The van der Waals surface area contributed by atoms with Crippen LogP contribution in [0.5, 0.6) is 0 Å². The summed E-state index contributed by atoms with van der Waals surface area (Å²) in [7, 11) is 0. The van der Waals surface area contributed by atoms with Gasteiger partial charge in [-0.25, -0.2) is 20.2 Å². The number of hydrogen-bond acceptors (Lipinski definition) is 10. The molecule has 0 bridgehead atoms. The van der Waals surface area contributed by atoms with E-state index < -0.39 is 10.8 Å². The number of rotatable bonds is 26. The van der Waals surface area contributed by atoms with E-state index in [4.69, 9.17) is 13.1 Å². The number of hydrogen-bond donors (Lipinski definition) is 0. The fraction of sp³-hybridized carbons (Fsp3) is 0.295. The first-order valence-corrected chi connectivity index (χ1v) is 42.5. The molecule has 8 aromatic heterocycles. The Labute approximate surface area is 619 Å². The minimum atomic E-state index is -0.667. The molecule has 0 spiro atoms. The average Bonchev–Trinajstić information content (AvgIpc) is 1.49. The van der Waals surface area contributed by atoms with Crippen molar-refractivity contribution < 1.29 is 0 Å². The fourth-order valence-corrected chi connectivity index (χ4v) is 26.4. The molecule has 0 atom stereocenters. The zero-order valence-electron chi connectivity index (χ0n) is 57.2. The summed E-state index contributed by atoms with van der Waals surface area (Å²) in [5.41, 5.74) is 18.0. The van der Waals surface area contributed by atoms with E-state index in [0.717, 1.165) is 34.7 Å². The lowest BCUT2D eigenvalue weighted by atomic mass is 9.65. The molecule has 12 heteroatoms. The number of benzene rings is 5. The Kier molecular flexibility index (Phi) is 20.1.